The largest absolute Gasteiger partial charge is 0.490 e. The average Bonchev–Trinajstić information content (AvgIpc) is 3.05. The summed E-state index contributed by atoms with van der Waals surface area (Å²) in [5.74, 6) is 1.66. The number of aromatic nitrogens is 1. The van der Waals surface area contributed by atoms with Crippen molar-refractivity contribution >= 4 is 5.96 Å². The van der Waals surface area contributed by atoms with Gasteiger partial charge in [-0.15, -0.1) is 0 Å². The van der Waals surface area contributed by atoms with E-state index in [2.05, 4.69) is 34.4 Å². The van der Waals surface area contributed by atoms with Gasteiger partial charge in [-0.3, -0.25) is 14.9 Å². The number of nitrogens with one attached hydrogen (secondary N) is 2. The molecule has 1 aromatic heterocycles. The summed E-state index contributed by atoms with van der Waals surface area (Å²) in [6.07, 6.45) is 6.00. The zero-order valence-electron chi connectivity index (χ0n) is 14.3. The number of nitrogens with zero attached hydrogens (tertiary/aromatic N) is 3. The first-order chi connectivity index (χ1) is 11.3. The van der Waals surface area contributed by atoms with Crippen LogP contribution in [0, 0.1) is 0 Å². The molecule has 2 rings (SSSR count). The van der Waals surface area contributed by atoms with Crippen LogP contribution >= 0.6 is 0 Å². The summed E-state index contributed by atoms with van der Waals surface area (Å²) < 4.78 is 5.63. The van der Waals surface area contributed by atoms with E-state index >= 15 is 0 Å². The molecule has 0 aromatic carbocycles. The molecule has 1 fully saturated rings. The highest BCUT2D eigenvalue weighted by Crippen LogP contribution is 2.16. The summed E-state index contributed by atoms with van der Waals surface area (Å²) in [4.78, 5) is 11.3. The molecule has 0 bridgehead atoms. The van der Waals surface area contributed by atoms with E-state index in [0.717, 1.165) is 31.3 Å². The van der Waals surface area contributed by atoms with E-state index in [1.807, 2.05) is 12.1 Å². The average molecular weight is 319 g/mol. The monoisotopic (exact) mass is 319 g/mol. The van der Waals surface area contributed by atoms with Gasteiger partial charge in [0, 0.05) is 18.8 Å². The Morgan fingerprint density at radius 1 is 1.43 bits per heavy atom. The first kappa shape index (κ1) is 17.5. The van der Waals surface area contributed by atoms with Gasteiger partial charge in [-0.25, -0.2) is 0 Å². The zero-order chi connectivity index (χ0) is 16.3. The lowest BCUT2D eigenvalue weighted by molar-refractivity contribution is 0.273. The number of likely N-dealkylation sites (N-methyl/N-ethyl adjacent to an activating group) is 1. The standard InChI is InChI=1S/C17H29N5O/c1-3-19-17(21-13-15-7-6-11-22(15)4-2)20-10-12-23-16-8-5-9-18-14-16/h5,8-9,14-15H,3-4,6-7,10-13H2,1-2H3,(H2,19,20,21). The molecule has 0 aliphatic carbocycles. The molecule has 6 heteroatoms. The number of pyridine rings is 1. The summed E-state index contributed by atoms with van der Waals surface area (Å²) in [5, 5.41) is 6.61. The first-order valence-corrected chi connectivity index (χ1v) is 8.62. The second-order valence-corrected chi connectivity index (χ2v) is 5.61. The second-order valence-electron chi connectivity index (χ2n) is 5.61. The first-order valence-electron chi connectivity index (χ1n) is 8.62. The van der Waals surface area contributed by atoms with Crippen molar-refractivity contribution in [3.63, 3.8) is 0 Å². The minimum Gasteiger partial charge on any atom is -0.490 e. The minimum absolute atomic E-state index is 0.584. The number of hydrogen-bond acceptors (Lipinski definition) is 4. The van der Waals surface area contributed by atoms with Crippen LogP contribution in [0.3, 0.4) is 0 Å². The molecule has 1 unspecified atom stereocenters. The molecule has 1 aliphatic heterocycles. The van der Waals surface area contributed by atoms with E-state index in [4.69, 9.17) is 9.73 Å². The summed E-state index contributed by atoms with van der Waals surface area (Å²) >= 11 is 0. The molecule has 128 valence electrons. The quantitative estimate of drug-likeness (QED) is 0.432. The van der Waals surface area contributed by atoms with Gasteiger partial charge in [-0.05, 0) is 45.0 Å². The highest BCUT2D eigenvalue weighted by Gasteiger charge is 2.22. The Labute approximate surface area is 139 Å². The summed E-state index contributed by atoms with van der Waals surface area (Å²) in [6.45, 7) is 9.63. The van der Waals surface area contributed by atoms with Crippen LogP contribution in [0.5, 0.6) is 5.75 Å². The SMILES string of the molecule is CCNC(=NCC1CCCN1CC)NCCOc1cccnc1. The van der Waals surface area contributed by atoms with Crippen LogP contribution in [-0.2, 0) is 0 Å². The lowest BCUT2D eigenvalue weighted by Crippen LogP contribution is -2.40. The molecule has 0 amide bonds. The maximum Gasteiger partial charge on any atom is 0.191 e. The number of aliphatic imine (C=N–C) groups is 1. The minimum atomic E-state index is 0.584. The van der Waals surface area contributed by atoms with Crippen LogP contribution in [0.4, 0.5) is 0 Å². The van der Waals surface area contributed by atoms with Crippen LogP contribution in [-0.4, -0.2) is 61.2 Å². The highest BCUT2D eigenvalue weighted by atomic mass is 16.5. The van der Waals surface area contributed by atoms with E-state index in [0.29, 0.717) is 19.2 Å². The summed E-state index contributed by atoms with van der Waals surface area (Å²) in [6, 6.07) is 4.36. The fourth-order valence-corrected chi connectivity index (χ4v) is 2.83. The van der Waals surface area contributed by atoms with Crippen molar-refractivity contribution in [3.05, 3.63) is 24.5 Å². The molecule has 0 radical (unpaired) electrons. The smallest absolute Gasteiger partial charge is 0.191 e. The van der Waals surface area contributed by atoms with Gasteiger partial charge in [0.2, 0.25) is 0 Å². The van der Waals surface area contributed by atoms with Crippen LogP contribution < -0.4 is 15.4 Å². The predicted octanol–water partition coefficient (Wildman–Crippen LogP) is 1.50. The lowest BCUT2D eigenvalue weighted by Gasteiger charge is -2.21. The van der Waals surface area contributed by atoms with Gasteiger partial charge in [0.1, 0.15) is 12.4 Å². The van der Waals surface area contributed by atoms with Crippen LogP contribution in [0.1, 0.15) is 26.7 Å². The third-order valence-corrected chi connectivity index (χ3v) is 4.01. The molecule has 0 saturated carbocycles. The van der Waals surface area contributed by atoms with Gasteiger partial charge in [-0.2, -0.15) is 0 Å². The molecule has 1 aromatic rings. The molecular weight excluding hydrogens is 290 g/mol. The van der Waals surface area contributed by atoms with E-state index in [1.165, 1.54) is 19.4 Å². The van der Waals surface area contributed by atoms with Gasteiger partial charge in [-0.1, -0.05) is 6.92 Å². The molecule has 1 atom stereocenters. The fourth-order valence-electron chi connectivity index (χ4n) is 2.83. The zero-order valence-corrected chi connectivity index (χ0v) is 14.3. The Balaban J connectivity index is 1.73. The number of ether oxygens (including phenoxy) is 1. The highest BCUT2D eigenvalue weighted by molar-refractivity contribution is 5.79. The van der Waals surface area contributed by atoms with Crippen molar-refractivity contribution in [2.45, 2.75) is 32.7 Å². The lowest BCUT2D eigenvalue weighted by atomic mass is 10.2. The van der Waals surface area contributed by atoms with Crippen LogP contribution in [0.2, 0.25) is 0 Å². The second kappa shape index (κ2) is 10.0. The molecule has 2 heterocycles. The Bertz CT molecular complexity index is 465. The topological polar surface area (TPSA) is 61.8 Å². The van der Waals surface area contributed by atoms with Crippen molar-refractivity contribution < 1.29 is 4.74 Å². The third-order valence-electron chi connectivity index (χ3n) is 4.01. The third kappa shape index (κ3) is 6.06. The van der Waals surface area contributed by atoms with Crippen molar-refractivity contribution in [2.24, 2.45) is 4.99 Å². The molecule has 0 spiro atoms. The molecule has 1 saturated heterocycles. The van der Waals surface area contributed by atoms with Gasteiger partial charge in [0.05, 0.1) is 19.3 Å². The number of likely N-dealkylation sites (tertiary alicyclic amines) is 1. The Kier molecular flexibility index (Phi) is 7.66. The van der Waals surface area contributed by atoms with Crippen molar-refractivity contribution in [1.29, 1.82) is 0 Å². The Morgan fingerprint density at radius 3 is 3.09 bits per heavy atom. The molecule has 23 heavy (non-hydrogen) atoms. The number of hydrogen-bond donors (Lipinski definition) is 2. The van der Waals surface area contributed by atoms with Crippen LogP contribution in [0.15, 0.2) is 29.5 Å². The normalized spacial score (nSPS) is 18.9. The summed E-state index contributed by atoms with van der Waals surface area (Å²) in [5.41, 5.74) is 0. The van der Waals surface area contributed by atoms with Gasteiger partial charge in [0.15, 0.2) is 5.96 Å². The van der Waals surface area contributed by atoms with E-state index in [9.17, 15) is 0 Å². The van der Waals surface area contributed by atoms with Gasteiger partial charge < -0.3 is 15.4 Å². The van der Waals surface area contributed by atoms with E-state index < -0.39 is 0 Å². The molecule has 6 nitrogen and oxygen atoms in total. The van der Waals surface area contributed by atoms with Crippen molar-refractivity contribution in [3.8, 4) is 5.75 Å². The molecule has 1 aliphatic rings. The van der Waals surface area contributed by atoms with Gasteiger partial charge >= 0.3 is 0 Å². The maximum absolute atomic E-state index is 5.63. The number of guanidine groups is 1. The van der Waals surface area contributed by atoms with Crippen LogP contribution in [0.25, 0.3) is 0 Å². The molecular formula is C17H29N5O. The van der Waals surface area contributed by atoms with Gasteiger partial charge in [0.25, 0.3) is 0 Å². The van der Waals surface area contributed by atoms with Crippen molar-refractivity contribution in [1.82, 2.24) is 20.5 Å². The van der Waals surface area contributed by atoms with Crippen molar-refractivity contribution in [2.75, 3.05) is 39.3 Å². The Hall–Kier alpha value is -1.82. The number of rotatable bonds is 8. The Morgan fingerprint density at radius 2 is 2.35 bits per heavy atom. The predicted molar refractivity (Wildman–Crippen MR) is 94.0 cm³/mol. The van der Waals surface area contributed by atoms with E-state index in [-0.39, 0.29) is 0 Å². The van der Waals surface area contributed by atoms with E-state index in [1.54, 1.807) is 12.4 Å². The molecule has 2 N–H and O–H groups in total. The fraction of sp³-hybridized carbons (Fsp3) is 0.647. The maximum atomic E-state index is 5.63. The summed E-state index contributed by atoms with van der Waals surface area (Å²) in [7, 11) is 0.